The number of Topliss-reactive ketones (excluding diaryl/α,β-unsaturated/α-hetero) is 1. The fraction of sp³-hybridized carbons (Fsp3) is 0.500. The van der Waals surface area contributed by atoms with Crippen molar-refractivity contribution >= 4 is 17.6 Å². The molecule has 1 aliphatic carbocycles. The van der Waals surface area contributed by atoms with Gasteiger partial charge in [0.1, 0.15) is 5.75 Å². The number of carbonyl (C=O) groups is 3. The predicted molar refractivity (Wildman–Crippen MR) is 84.1 cm³/mol. The lowest BCUT2D eigenvalue weighted by Gasteiger charge is -2.21. The van der Waals surface area contributed by atoms with Crippen LogP contribution in [0.1, 0.15) is 54.9 Å². The lowest BCUT2D eigenvalue weighted by atomic mass is 9.84. The van der Waals surface area contributed by atoms with Crippen LogP contribution in [0.5, 0.6) is 5.75 Å². The van der Waals surface area contributed by atoms with E-state index >= 15 is 0 Å². The van der Waals surface area contributed by atoms with Gasteiger partial charge in [0.2, 0.25) is 11.8 Å². The third-order valence-electron chi connectivity index (χ3n) is 5.07. The molecule has 0 radical (unpaired) electrons. The van der Waals surface area contributed by atoms with Crippen LogP contribution in [-0.2, 0) is 16.1 Å². The maximum Gasteiger partial charge on any atom is 0.236 e. The summed E-state index contributed by atoms with van der Waals surface area (Å²) in [5.74, 6) is 0.352. The first-order chi connectivity index (χ1) is 11.0. The van der Waals surface area contributed by atoms with Crippen molar-refractivity contribution in [3.63, 3.8) is 0 Å². The summed E-state index contributed by atoms with van der Waals surface area (Å²) in [6.07, 6.45) is 3.95. The molecule has 2 amide bonds. The number of methoxy groups -OCH3 is 1. The molecular formula is C18H21NO4. The van der Waals surface area contributed by atoms with Gasteiger partial charge in [-0.05, 0) is 38.0 Å². The number of amides is 2. The molecule has 122 valence electrons. The molecule has 0 N–H and O–H groups in total. The van der Waals surface area contributed by atoms with E-state index in [0.717, 1.165) is 25.7 Å². The Kier molecular flexibility index (Phi) is 3.96. The van der Waals surface area contributed by atoms with Gasteiger partial charge in [0.15, 0.2) is 5.78 Å². The Morgan fingerprint density at radius 1 is 1.26 bits per heavy atom. The van der Waals surface area contributed by atoms with Crippen LogP contribution in [0.15, 0.2) is 18.2 Å². The van der Waals surface area contributed by atoms with Crippen LogP contribution in [0.25, 0.3) is 0 Å². The first kappa shape index (κ1) is 15.7. The van der Waals surface area contributed by atoms with E-state index in [0.29, 0.717) is 23.3 Å². The van der Waals surface area contributed by atoms with E-state index in [-0.39, 0.29) is 24.1 Å². The fourth-order valence-corrected chi connectivity index (χ4v) is 3.75. The zero-order valence-electron chi connectivity index (χ0n) is 13.6. The molecule has 2 fully saturated rings. The second-order valence-corrected chi connectivity index (χ2v) is 6.53. The second-order valence-electron chi connectivity index (χ2n) is 6.53. The summed E-state index contributed by atoms with van der Waals surface area (Å²) in [7, 11) is 1.54. The fourth-order valence-electron chi connectivity index (χ4n) is 3.75. The molecule has 0 atom stereocenters. The molecule has 3 rings (SSSR count). The van der Waals surface area contributed by atoms with Crippen molar-refractivity contribution in [2.24, 2.45) is 5.41 Å². The van der Waals surface area contributed by atoms with Crippen molar-refractivity contribution in [1.82, 2.24) is 4.90 Å². The maximum atomic E-state index is 12.8. The molecule has 0 aromatic heterocycles. The molecular weight excluding hydrogens is 294 g/mol. The largest absolute Gasteiger partial charge is 0.496 e. The monoisotopic (exact) mass is 315 g/mol. The van der Waals surface area contributed by atoms with Crippen LogP contribution in [0.3, 0.4) is 0 Å². The summed E-state index contributed by atoms with van der Waals surface area (Å²) in [5.41, 5.74) is 0.773. The van der Waals surface area contributed by atoms with E-state index < -0.39 is 5.41 Å². The zero-order valence-corrected chi connectivity index (χ0v) is 13.6. The van der Waals surface area contributed by atoms with Crippen molar-refractivity contribution in [1.29, 1.82) is 0 Å². The molecule has 1 aromatic rings. The lowest BCUT2D eigenvalue weighted by Crippen LogP contribution is -2.34. The topological polar surface area (TPSA) is 63.7 Å². The van der Waals surface area contributed by atoms with Crippen LogP contribution < -0.4 is 4.74 Å². The van der Waals surface area contributed by atoms with Gasteiger partial charge < -0.3 is 4.74 Å². The number of hydrogen-bond acceptors (Lipinski definition) is 4. The maximum absolute atomic E-state index is 12.8. The van der Waals surface area contributed by atoms with E-state index in [1.54, 1.807) is 25.3 Å². The number of benzene rings is 1. The van der Waals surface area contributed by atoms with Crippen LogP contribution in [0, 0.1) is 5.41 Å². The Balaban J connectivity index is 1.89. The zero-order chi connectivity index (χ0) is 16.6. The summed E-state index contributed by atoms with van der Waals surface area (Å²) in [6.45, 7) is 1.66. The van der Waals surface area contributed by atoms with Gasteiger partial charge in [-0.3, -0.25) is 19.3 Å². The van der Waals surface area contributed by atoms with Crippen LogP contribution >= 0.6 is 0 Å². The third kappa shape index (κ3) is 2.64. The summed E-state index contributed by atoms with van der Waals surface area (Å²) in [5, 5.41) is 0. The van der Waals surface area contributed by atoms with Gasteiger partial charge in [0.25, 0.3) is 0 Å². The van der Waals surface area contributed by atoms with Crippen LogP contribution in [-0.4, -0.2) is 29.6 Å². The van der Waals surface area contributed by atoms with Gasteiger partial charge in [-0.2, -0.15) is 0 Å². The quantitative estimate of drug-likeness (QED) is 0.633. The molecule has 1 heterocycles. The SMILES string of the molecule is COc1ccc(C(C)=O)cc1CN1C(=O)CC2(CCCC2)C1=O. The molecule has 23 heavy (non-hydrogen) atoms. The highest BCUT2D eigenvalue weighted by Crippen LogP contribution is 2.47. The molecule has 5 heteroatoms. The van der Waals surface area contributed by atoms with Crippen molar-refractivity contribution in [2.45, 2.75) is 45.6 Å². The molecule has 0 unspecified atom stereocenters. The summed E-state index contributed by atoms with van der Waals surface area (Å²) in [6, 6.07) is 5.11. The van der Waals surface area contributed by atoms with E-state index in [2.05, 4.69) is 0 Å². The standard InChI is InChI=1S/C18H21NO4/c1-12(20)13-5-6-15(23-2)14(9-13)11-19-16(21)10-18(17(19)22)7-3-4-8-18/h5-6,9H,3-4,7-8,10-11H2,1-2H3. The first-order valence-corrected chi connectivity index (χ1v) is 7.99. The Bertz CT molecular complexity index is 674. The summed E-state index contributed by atoms with van der Waals surface area (Å²) >= 11 is 0. The van der Waals surface area contributed by atoms with Crippen LogP contribution in [0.2, 0.25) is 0 Å². The molecule has 5 nitrogen and oxygen atoms in total. The Morgan fingerprint density at radius 3 is 2.57 bits per heavy atom. The number of rotatable bonds is 4. The average Bonchev–Trinajstić information content (AvgIpc) is 3.08. The van der Waals surface area contributed by atoms with Crippen molar-refractivity contribution in [2.75, 3.05) is 7.11 Å². The van der Waals surface area contributed by atoms with Gasteiger partial charge in [-0.1, -0.05) is 12.8 Å². The molecule has 1 spiro atoms. The van der Waals surface area contributed by atoms with Gasteiger partial charge >= 0.3 is 0 Å². The predicted octanol–water partition coefficient (Wildman–Crippen LogP) is 2.72. The lowest BCUT2D eigenvalue weighted by molar-refractivity contribution is -0.142. The van der Waals surface area contributed by atoms with Gasteiger partial charge in [0.05, 0.1) is 19.1 Å². The van der Waals surface area contributed by atoms with Crippen LogP contribution in [0.4, 0.5) is 0 Å². The number of carbonyl (C=O) groups excluding carboxylic acids is 3. The highest BCUT2D eigenvalue weighted by atomic mass is 16.5. The smallest absolute Gasteiger partial charge is 0.236 e. The van der Waals surface area contributed by atoms with Crippen molar-refractivity contribution < 1.29 is 19.1 Å². The number of ether oxygens (including phenoxy) is 1. The number of ketones is 1. The minimum absolute atomic E-state index is 0.0553. The second kappa shape index (κ2) is 5.80. The van der Waals surface area contributed by atoms with E-state index in [1.165, 1.54) is 11.8 Å². The number of likely N-dealkylation sites (tertiary alicyclic amines) is 1. The minimum Gasteiger partial charge on any atom is -0.496 e. The number of hydrogen-bond donors (Lipinski definition) is 0. The van der Waals surface area contributed by atoms with E-state index in [4.69, 9.17) is 4.74 Å². The Labute approximate surface area is 135 Å². The molecule has 1 aromatic carbocycles. The molecule has 1 saturated heterocycles. The Hall–Kier alpha value is -2.17. The third-order valence-corrected chi connectivity index (χ3v) is 5.07. The van der Waals surface area contributed by atoms with Gasteiger partial charge in [-0.25, -0.2) is 0 Å². The highest BCUT2D eigenvalue weighted by Gasteiger charge is 2.52. The summed E-state index contributed by atoms with van der Waals surface area (Å²) < 4.78 is 5.32. The molecule has 2 aliphatic rings. The van der Waals surface area contributed by atoms with Crippen molar-refractivity contribution in [3.05, 3.63) is 29.3 Å². The number of nitrogens with zero attached hydrogens (tertiary/aromatic N) is 1. The Morgan fingerprint density at radius 2 is 1.96 bits per heavy atom. The van der Waals surface area contributed by atoms with Gasteiger partial charge in [0, 0.05) is 17.5 Å². The molecule has 0 bridgehead atoms. The van der Waals surface area contributed by atoms with E-state index in [9.17, 15) is 14.4 Å². The average molecular weight is 315 g/mol. The van der Waals surface area contributed by atoms with E-state index in [1.807, 2.05) is 0 Å². The minimum atomic E-state index is -0.470. The molecule has 1 aliphatic heterocycles. The normalized spacial score (nSPS) is 19.7. The first-order valence-electron chi connectivity index (χ1n) is 7.99. The number of imide groups is 1. The van der Waals surface area contributed by atoms with Gasteiger partial charge in [-0.15, -0.1) is 0 Å². The molecule has 1 saturated carbocycles. The summed E-state index contributed by atoms with van der Waals surface area (Å²) in [4.78, 5) is 38.0. The van der Waals surface area contributed by atoms with Crippen molar-refractivity contribution in [3.8, 4) is 5.75 Å². The highest BCUT2D eigenvalue weighted by molar-refractivity contribution is 6.06.